The number of methoxy groups -OCH3 is 2. The fourth-order valence-electron chi connectivity index (χ4n) is 4.12. The van der Waals surface area contributed by atoms with Crippen LogP contribution in [0.4, 0.5) is 0 Å². The van der Waals surface area contributed by atoms with Crippen molar-refractivity contribution in [2.75, 3.05) is 14.2 Å². The molecule has 9 nitrogen and oxygen atoms in total. The van der Waals surface area contributed by atoms with E-state index in [-0.39, 0.29) is 0 Å². The number of aromatic amines is 1. The van der Waals surface area contributed by atoms with E-state index in [9.17, 15) is 9.59 Å². The minimum absolute atomic E-state index is 0.397. The lowest BCUT2D eigenvalue weighted by atomic mass is 10.1. The van der Waals surface area contributed by atoms with Crippen LogP contribution in [-0.4, -0.2) is 44.3 Å². The van der Waals surface area contributed by atoms with Crippen LogP contribution in [0.2, 0.25) is 0 Å². The molecular weight excluding hydrogens is 410 g/mol. The van der Waals surface area contributed by atoms with E-state index in [0.29, 0.717) is 36.8 Å². The van der Waals surface area contributed by atoms with Crippen LogP contribution >= 0.6 is 0 Å². The molecule has 1 aliphatic carbocycles. The normalized spacial score (nSPS) is 13.8. The average molecular weight is 442 g/mol. The smallest absolute Gasteiger partial charge is 0.330 e. The Labute approximate surface area is 186 Å². The highest BCUT2D eigenvalue weighted by Gasteiger charge is 2.31. The molecule has 1 N–H and O–H groups in total. The summed E-state index contributed by atoms with van der Waals surface area (Å²) in [5.41, 5.74) is 1.13. The molecule has 0 amide bonds. The fourth-order valence-corrected chi connectivity index (χ4v) is 4.12. The number of fused-ring (bicyclic) bond motifs is 1. The topological polar surface area (TPSA) is 94.4 Å². The third-order valence-corrected chi connectivity index (χ3v) is 6.11. The van der Waals surface area contributed by atoms with Crippen molar-refractivity contribution in [3.8, 4) is 11.5 Å². The molecule has 0 radical (unpaired) electrons. The zero-order valence-corrected chi connectivity index (χ0v) is 19.2. The van der Waals surface area contributed by atoms with E-state index >= 15 is 0 Å². The summed E-state index contributed by atoms with van der Waals surface area (Å²) in [6.07, 6.45) is 4.04. The quantitative estimate of drug-likeness (QED) is 0.519. The monoisotopic (exact) mass is 441 g/mol. The Morgan fingerprint density at radius 1 is 1.19 bits per heavy atom. The van der Waals surface area contributed by atoms with Gasteiger partial charge in [0.15, 0.2) is 11.2 Å². The van der Waals surface area contributed by atoms with E-state index in [1.807, 2.05) is 29.8 Å². The van der Waals surface area contributed by atoms with Crippen molar-refractivity contribution in [3.05, 3.63) is 50.4 Å². The predicted molar refractivity (Wildman–Crippen MR) is 122 cm³/mol. The Morgan fingerprint density at radius 3 is 2.62 bits per heavy atom. The minimum atomic E-state index is -0.402. The molecule has 0 aliphatic heterocycles. The number of H-pyrrole nitrogens is 1. The highest BCUT2D eigenvalue weighted by molar-refractivity contribution is 5.70. The van der Waals surface area contributed by atoms with Crippen LogP contribution in [-0.2, 0) is 26.7 Å². The first-order chi connectivity index (χ1) is 15.5. The van der Waals surface area contributed by atoms with E-state index in [4.69, 9.17) is 14.5 Å². The molecule has 0 unspecified atom stereocenters. The van der Waals surface area contributed by atoms with Gasteiger partial charge in [0.25, 0.3) is 5.56 Å². The SMILES string of the molecule is CCCCn1c(=O)[nH]c(=O)c2c1nc(CN(Cc1cc(OC)ccc1OC)C1CC1)n2C. The van der Waals surface area contributed by atoms with Gasteiger partial charge in [-0.25, -0.2) is 9.78 Å². The molecule has 0 spiro atoms. The standard InChI is InChI=1S/C23H31N5O4/c1-5-6-11-28-21-20(22(29)25-23(28)30)26(2)19(24-21)14-27(16-7-8-16)13-15-12-17(31-3)9-10-18(15)32-4/h9-10,12,16H,5-8,11,13-14H2,1-4H3,(H,25,29,30). The van der Waals surface area contributed by atoms with Crippen molar-refractivity contribution in [1.29, 1.82) is 0 Å². The molecule has 1 aliphatic rings. The van der Waals surface area contributed by atoms with Crippen LogP contribution in [0, 0.1) is 0 Å². The number of hydrogen-bond acceptors (Lipinski definition) is 6. The molecule has 3 aromatic rings. The second-order valence-electron chi connectivity index (χ2n) is 8.34. The van der Waals surface area contributed by atoms with Gasteiger partial charge in [0.1, 0.15) is 17.3 Å². The zero-order chi connectivity index (χ0) is 22.8. The number of aromatic nitrogens is 4. The van der Waals surface area contributed by atoms with Crippen LogP contribution < -0.4 is 20.7 Å². The van der Waals surface area contributed by atoms with E-state index in [1.165, 1.54) is 0 Å². The van der Waals surface area contributed by atoms with Crippen molar-refractivity contribution < 1.29 is 9.47 Å². The third kappa shape index (κ3) is 4.29. The van der Waals surface area contributed by atoms with Crippen molar-refractivity contribution >= 4 is 11.2 Å². The number of hydrogen-bond donors (Lipinski definition) is 1. The number of nitrogens with zero attached hydrogens (tertiary/aromatic N) is 4. The largest absolute Gasteiger partial charge is 0.497 e. The molecule has 0 atom stereocenters. The van der Waals surface area contributed by atoms with E-state index < -0.39 is 11.2 Å². The fraction of sp³-hybridized carbons (Fsp3) is 0.522. The highest BCUT2D eigenvalue weighted by atomic mass is 16.5. The number of ether oxygens (including phenoxy) is 2. The van der Waals surface area contributed by atoms with Crippen molar-refractivity contribution in [1.82, 2.24) is 24.0 Å². The summed E-state index contributed by atoms with van der Waals surface area (Å²) in [5.74, 6) is 2.35. The summed E-state index contributed by atoms with van der Waals surface area (Å²) in [6.45, 7) is 3.84. The Balaban J connectivity index is 1.70. The van der Waals surface area contributed by atoms with Gasteiger partial charge in [0.05, 0.1) is 20.8 Å². The van der Waals surface area contributed by atoms with Crippen LogP contribution in [0.5, 0.6) is 11.5 Å². The van der Waals surface area contributed by atoms with Gasteiger partial charge in [0, 0.05) is 31.7 Å². The molecule has 1 aromatic carbocycles. The molecule has 9 heteroatoms. The summed E-state index contributed by atoms with van der Waals surface area (Å²) in [7, 11) is 5.16. The van der Waals surface area contributed by atoms with Crippen LogP contribution in [0.1, 0.15) is 44.0 Å². The summed E-state index contributed by atoms with van der Waals surface area (Å²) in [5, 5.41) is 0. The van der Waals surface area contributed by atoms with E-state index in [0.717, 1.165) is 48.6 Å². The lowest BCUT2D eigenvalue weighted by molar-refractivity contribution is 0.233. The molecule has 1 saturated carbocycles. The Morgan fingerprint density at radius 2 is 1.97 bits per heavy atom. The van der Waals surface area contributed by atoms with Gasteiger partial charge in [-0.05, 0) is 37.5 Å². The lowest BCUT2D eigenvalue weighted by Gasteiger charge is -2.23. The summed E-state index contributed by atoms with van der Waals surface area (Å²) in [4.78, 5) is 34.5. The van der Waals surface area contributed by atoms with Gasteiger partial charge in [-0.3, -0.25) is 19.2 Å². The summed E-state index contributed by atoms with van der Waals surface area (Å²) < 4.78 is 14.4. The molecule has 172 valence electrons. The number of benzene rings is 1. The summed E-state index contributed by atoms with van der Waals surface area (Å²) in [6, 6.07) is 6.25. The number of rotatable bonds is 10. The third-order valence-electron chi connectivity index (χ3n) is 6.11. The number of nitrogens with one attached hydrogen (secondary N) is 1. The zero-order valence-electron chi connectivity index (χ0n) is 19.2. The van der Waals surface area contributed by atoms with Gasteiger partial charge in [-0.15, -0.1) is 0 Å². The summed E-state index contributed by atoms with van der Waals surface area (Å²) >= 11 is 0. The number of unbranched alkanes of at least 4 members (excludes halogenated alkanes) is 1. The van der Waals surface area contributed by atoms with E-state index in [1.54, 1.807) is 18.8 Å². The first kappa shape index (κ1) is 22.1. The maximum absolute atomic E-state index is 12.6. The minimum Gasteiger partial charge on any atom is -0.497 e. The van der Waals surface area contributed by atoms with Crippen LogP contribution in [0.15, 0.2) is 27.8 Å². The van der Waals surface area contributed by atoms with E-state index in [2.05, 4.69) is 16.8 Å². The van der Waals surface area contributed by atoms with Gasteiger partial charge in [-0.1, -0.05) is 13.3 Å². The molecule has 1 fully saturated rings. The molecule has 0 saturated heterocycles. The lowest BCUT2D eigenvalue weighted by Crippen LogP contribution is -2.31. The molecule has 2 heterocycles. The van der Waals surface area contributed by atoms with Crippen LogP contribution in [0.25, 0.3) is 11.2 Å². The van der Waals surface area contributed by atoms with Crippen molar-refractivity contribution in [2.24, 2.45) is 7.05 Å². The van der Waals surface area contributed by atoms with Gasteiger partial charge >= 0.3 is 5.69 Å². The molecule has 4 rings (SSSR count). The highest BCUT2D eigenvalue weighted by Crippen LogP contribution is 2.33. The Kier molecular flexibility index (Phi) is 6.36. The second kappa shape index (κ2) is 9.20. The van der Waals surface area contributed by atoms with Gasteiger partial charge in [0.2, 0.25) is 0 Å². The molecular formula is C23H31N5O4. The number of aryl methyl sites for hydroxylation is 2. The maximum Gasteiger partial charge on any atom is 0.330 e. The predicted octanol–water partition coefficient (Wildman–Crippen LogP) is 2.41. The van der Waals surface area contributed by atoms with Gasteiger partial charge < -0.3 is 14.0 Å². The maximum atomic E-state index is 12.6. The molecule has 0 bridgehead atoms. The average Bonchev–Trinajstić information content (AvgIpc) is 3.57. The van der Waals surface area contributed by atoms with Crippen molar-refractivity contribution in [3.63, 3.8) is 0 Å². The second-order valence-corrected chi connectivity index (χ2v) is 8.34. The number of imidazole rings is 1. The molecule has 2 aromatic heterocycles. The molecule has 32 heavy (non-hydrogen) atoms. The first-order valence-corrected chi connectivity index (χ1v) is 11.1. The van der Waals surface area contributed by atoms with Crippen LogP contribution in [0.3, 0.4) is 0 Å². The Bertz CT molecular complexity index is 1220. The first-order valence-electron chi connectivity index (χ1n) is 11.1. The Hall–Kier alpha value is -3.07. The van der Waals surface area contributed by atoms with Crippen molar-refractivity contribution in [2.45, 2.75) is 58.3 Å². The van der Waals surface area contributed by atoms with Gasteiger partial charge in [-0.2, -0.15) is 0 Å².